The van der Waals surface area contributed by atoms with E-state index in [1.165, 1.54) is 96.3 Å². The molecule has 0 saturated carbocycles. The Kier molecular flexibility index (Phi) is 36.7. The number of ether oxygens (including phenoxy) is 3. The third-order valence-electron chi connectivity index (χ3n) is 10.00. The molecule has 0 aliphatic heterocycles. The van der Waals surface area contributed by atoms with E-state index in [0.717, 1.165) is 64.2 Å². The number of aliphatic carboxylic acids is 1. The van der Waals surface area contributed by atoms with Gasteiger partial charge in [0.2, 0.25) is 0 Å². The van der Waals surface area contributed by atoms with E-state index >= 15 is 0 Å². The number of hydrogen-bond donors (Lipinski definition) is 0. The van der Waals surface area contributed by atoms with E-state index in [4.69, 9.17) is 14.2 Å². The number of unbranched alkanes of at least 4 members (excludes halogenated alkanes) is 20. The van der Waals surface area contributed by atoms with Crippen molar-refractivity contribution in [2.45, 2.75) is 206 Å². The fraction of sp³-hybridized carbons (Fsp3) is 0.809. The number of likely N-dealkylation sites (N-methyl/N-ethyl adjacent to an activating group) is 1. The van der Waals surface area contributed by atoms with Crippen molar-refractivity contribution >= 4 is 17.9 Å². The Balaban J connectivity index is 4.36. The second-order valence-electron chi connectivity index (χ2n) is 16.3. The summed E-state index contributed by atoms with van der Waals surface area (Å²) in [6.45, 7) is 4.61. The summed E-state index contributed by atoms with van der Waals surface area (Å²) in [6, 6.07) is -0.727. The predicted octanol–water partition coefficient (Wildman–Crippen LogP) is 10.9. The molecule has 0 spiro atoms. The van der Waals surface area contributed by atoms with E-state index in [9.17, 15) is 19.5 Å². The highest BCUT2D eigenvalue weighted by atomic mass is 16.6. The fourth-order valence-corrected chi connectivity index (χ4v) is 6.45. The highest BCUT2D eigenvalue weighted by Crippen LogP contribution is 2.14. The fourth-order valence-electron chi connectivity index (χ4n) is 6.45. The summed E-state index contributed by atoms with van der Waals surface area (Å²) < 4.78 is 17.2. The van der Waals surface area contributed by atoms with Crippen molar-refractivity contribution in [2.24, 2.45) is 0 Å². The summed E-state index contributed by atoms with van der Waals surface area (Å²) in [6.07, 6.45) is 43.0. The molecule has 55 heavy (non-hydrogen) atoms. The van der Waals surface area contributed by atoms with Crippen LogP contribution in [0.15, 0.2) is 36.5 Å². The average Bonchev–Trinajstić information content (AvgIpc) is 3.14. The van der Waals surface area contributed by atoms with Gasteiger partial charge in [-0.1, -0.05) is 140 Å². The standard InChI is InChI=1S/C47H85NO7/c1-6-8-10-12-14-16-18-20-22-23-24-26-28-30-32-34-36-38-46(50)55-43(41-53-40-39-44(47(51)52)48(3,4)5)42-54-45(49)37-35-33-31-29-27-25-21-19-17-15-13-11-9-7-2/h14,16,19-22,43-44H,6-13,15,17-18,23-42H2,1-5H3/b16-14-,21-19-,22-20-. The van der Waals surface area contributed by atoms with Crippen LogP contribution in [0.1, 0.15) is 194 Å². The third kappa shape index (κ3) is 36.9. The number of allylic oxidation sites excluding steroid dienone is 6. The maximum absolute atomic E-state index is 12.7. The highest BCUT2D eigenvalue weighted by molar-refractivity contribution is 5.70. The number of hydrogen-bond acceptors (Lipinski definition) is 7. The maximum Gasteiger partial charge on any atom is 0.306 e. The van der Waals surface area contributed by atoms with Gasteiger partial charge in [0.1, 0.15) is 12.6 Å². The smallest absolute Gasteiger partial charge is 0.306 e. The zero-order chi connectivity index (χ0) is 40.7. The van der Waals surface area contributed by atoms with Gasteiger partial charge < -0.3 is 28.6 Å². The molecular formula is C47H85NO7. The van der Waals surface area contributed by atoms with Gasteiger partial charge in [0.25, 0.3) is 0 Å². The van der Waals surface area contributed by atoms with Gasteiger partial charge in [0, 0.05) is 19.3 Å². The first kappa shape index (κ1) is 52.6. The first-order chi connectivity index (χ1) is 26.6. The van der Waals surface area contributed by atoms with Crippen LogP contribution in [0.3, 0.4) is 0 Å². The van der Waals surface area contributed by atoms with E-state index in [0.29, 0.717) is 12.8 Å². The van der Waals surface area contributed by atoms with E-state index in [2.05, 4.69) is 50.3 Å². The first-order valence-corrected chi connectivity index (χ1v) is 22.5. The van der Waals surface area contributed by atoms with Gasteiger partial charge in [0.05, 0.1) is 40.3 Å². The molecule has 0 fully saturated rings. The zero-order valence-electron chi connectivity index (χ0n) is 36.3. The minimum atomic E-state index is -1.13. The summed E-state index contributed by atoms with van der Waals surface area (Å²) in [5, 5.41) is 11.6. The third-order valence-corrected chi connectivity index (χ3v) is 10.00. The van der Waals surface area contributed by atoms with Crippen LogP contribution in [0.25, 0.3) is 0 Å². The Bertz CT molecular complexity index is 1000. The second kappa shape index (κ2) is 38.4. The van der Waals surface area contributed by atoms with Gasteiger partial charge in [-0.05, 0) is 70.6 Å². The molecule has 2 unspecified atom stereocenters. The molecule has 8 nitrogen and oxygen atoms in total. The Labute approximate surface area is 338 Å². The summed E-state index contributed by atoms with van der Waals surface area (Å²) in [4.78, 5) is 36.8. The zero-order valence-corrected chi connectivity index (χ0v) is 36.3. The molecule has 0 amide bonds. The number of carbonyl (C=O) groups is 3. The molecular weight excluding hydrogens is 691 g/mol. The lowest BCUT2D eigenvalue weighted by Crippen LogP contribution is -2.55. The van der Waals surface area contributed by atoms with Crippen LogP contribution < -0.4 is 5.11 Å². The predicted molar refractivity (Wildman–Crippen MR) is 227 cm³/mol. The molecule has 0 aromatic heterocycles. The molecule has 0 aromatic carbocycles. The molecule has 0 heterocycles. The van der Waals surface area contributed by atoms with Crippen LogP contribution in [0.5, 0.6) is 0 Å². The van der Waals surface area contributed by atoms with Crippen LogP contribution in [-0.2, 0) is 28.6 Å². The summed E-state index contributed by atoms with van der Waals surface area (Å²) >= 11 is 0. The maximum atomic E-state index is 12.7. The molecule has 8 heteroatoms. The molecule has 0 rings (SSSR count). The number of carbonyl (C=O) groups excluding carboxylic acids is 3. The second-order valence-corrected chi connectivity index (χ2v) is 16.3. The van der Waals surface area contributed by atoms with Gasteiger partial charge >= 0.3 is 11.9 Å². The van der Waals surface area contributed by atoms with Crippen molar-refractivity contribution in [3.8, 4) is 0 Å². The van der Waals surface area contributed by atoms with Crippen molar-refractivity contribution in [1.82, 2.24) is 0 Å². The van der Waals surface area contributed by atoms with Gasteiger partial charge in [-0.2, -0.15) is 0 Å². The topological polar surface area (TPSA) is 102 Å². The summed E-state index contributed by atoms with van der Waals surface area (Å²) in [7, 11) is 5.40. The molecule has 0 radical (unpaired) electrons. The SMILES string of the molecule is CCCCC/C=C\C/C=C\CCCCCCCCCC(=O)OC(COCCC(C(=O)[O-])[N+](C)(C)C)COC(=O)CCCCCCC/C=C\CCCCCCC. The number of quaternary nitrogens is 1. The first-order valence-electron chi connectivity index (χ1n) is 22.5. The summed E-state index contributed by atoms with van der Waals surface area (Å²) in [5.41, 5.74) is 0. The van der Waals surface area contributed by atoms with Crippen molar-refractivity contribution in [3.63, 3.8) is 0 Å². The molecule has 0 aliphatic carbocycles. The van der Waals surface area contributed by atoms with Gasteiger partial charge in [-0.25, -0.2) is 0 Å². The number of esters is 2. The van der Waals surface area contributed by atoms with Gasteiger partial charge in [-0.3, -0.25) is 9.59 Å². The number of nitrogens with zero attached hydrogens (tertiary/aromatic N) is 1. The largest absolute Gasteiger partial charge is 0.544 e. The average molecular weight is 776 g/mol. The monoisotopic (exact) mass is 776 g/mol. The minimum Gasteiger partial charge on any atom is -0.544 e. The van der Waals surface area contributed by atoms with Crippen molar-refractivity contribution in [2.75, 3.05) is 41.0 Å². The molecule has 2 atom stereocenters. The molecule has 0 saturated heterocycles. The van der Waals surface area contributed by atoms with Gasteiger partial charge in [0.15, 0.2) is 6.10 Å². The normalized spacial score (nSPS) is 13.3. The van der Waals surface area contributed by atoms with Crippen LogP contribution in [0.2, 0.25) is 0 Å². The van der Waals surface area contributed by atoms with Crippen LogP contribution >= 0.6 is 0 Å². The lowest BCUT2D eigenvalue weighted by molar-refractivity contribution is -0.889. The summed E-state index contributed by atoms with van der Waals surface area (Å²) in [5.74, 6) is -1.75. The van der Waals surface area contributed by atoms with E-state index < -0.39 is 18.1 Å². The van der Waals surface area contributed by atoms with Crippen LogP contribution in [-0.4, -0.2) is 75.5 Å². The van der Waals surface area contributed by atoms with E-state index in [-0.39, 0.29) is 42.7 Å². The number of carboxylic acids is 1. The van der Waals surface area contributed by atoms with E-state index in [1.807, 2.05) is 0 Å². The molecule has 320 valence electrons. The number of carboxylic acid groups (broad SMARTS) is 1. The highest BCUT2D eigenvalue weighted by Gasteiger charge is 2.25. The Morgan fingerprint density at radius 3 is 1.45 bits per heavy atom. The van der Waals surface area contributed by atoms with Crippen molar-refractivity contribution in [3.05, 3.63) is 36.5 Å². The minimum absolute atomic E-state index is 0.0359. The molecule has 0 N–H and O–H groups in total. The molecule has 0 bridgehead atoms. The van der Waals surface area contributed by atoms with Crippen LogP contribution in [0, 0.1) is 0 Å². The van der Waals surface area contributed by atoms with Gasteiger partial charge in [-0.15, -0.1) is 0 Å². The lowest BCUT2D eigenvalue weighted by Gasteiger charge is -2.34. The van der Waals surface area contributed by atoms with E-state index in [1.54, 1.807) is 21.1 Å². The Morgan fingerprint density at radius 2 is 0.964 bits per heavy atom. The number of rotatable bonds is 40. The van der Waals surface area contributed by atoms with Crippen molar-refractivity contribution < 1.29 is 38.2 Å². The Morgan fingerprint density at radius 1 is 0.545 bits per heavy atom. The van der Waals surface area contributed by atoms with Crippen LogP contribution in [0.4, 0.5) is 0 Å². The van der Waals surface area contributed by atoms with Crippen molar-refractivity contribution in [1.29, 1.82) is 0 Å². The molecule has 0 aromatic rings. The lowest BCUT2D eigenvalue weighted by atomic mass is 10.1. The molecule has 0 aliphatic rings. The quantitative estimate of drug-likeness (QED) is 0.0264. The Hall–Kier alpha value is -2.45.